The van der Waals surface area contributed by atoms with Crippen LogP contribution in [0.1, 0.15) is 19.4 Å². The molecule has 1 fully saturated rings. The summed E-state index contributed by atoms with van der Waals surface area (Å²) in [5.41, 5.74) is 1.41. The largest absolute Gasteiger partial charge is 0.494 e. The monoisotopic (exact) mass is 442 g/mol. The summed E-state index contributed by atoms with van der Waals surface area (Å²) in [7, 11) is 0. The highest BCUT2D eigenvalue weighted by Gasteiger charge is 2.24. The van der Waals surface area contributed by atoms with Gasteiger partial charge in [0.2, 0.25) is 0 Å². The molecule has 9 heteroatoms. The predicted molar refractivity (Wildman–Crippen MR) is 119 cm³/mol. The molecule has 3 rings (SSSR count). The summed E-state index contributed by atoms with van der Waals surface area (Å²) in [5, 5.41) is 12.0. The molecule has 162 valence electrons. The Bertz CT molecular complexity index is 1020. The fourth-order valence-corrected chi connectivity index (χ4v) is 3.52. The summed E-state index contributed by atoms with van der Waals surface area (Å²) in [5.74, 6) is 0.166. The number of carboxylic acids is 1. The second-order valence-electron chi connectivity index (χ2n) is 6.23. The van der Waals surface area contributed by atoms with Crippen LogP contribution in [0.15, 0.2) is 52.4 Å². The lowest BCUT2D eigenvalue weighted by atomic mass is 10.2. The number of aliphatic imine (C=N–C) groups is 1. The first-order valence-corrected chi connectivity index (χ1v) is 10.4. The highest BCUT2D eigenvalue weighted by atomic mass is 32.2. The van der Waals surface area contributed by atoms with Gasteiger partial charge in [-0.2, -0.15) is 0 Å². The summed E-state index contributed by atoms with van der Waals surface area (Å²) < 4.78 is 16.2. The van der Waals surface area contributed by atoms with Crippen LogP contribution in [-0.2, 0) is 9.59 Å². The van der Waals surface area contributed by atoms with E-state index in [1.165, 1.54) is 11.8 Å². The maximum atomic E-state index is 12.4. The molecule has 2 N–H and O–H groups in total. The van der Waals surface area contributed by atoms with Crippen molar-refractivity contribution >= 4 is 40.6 Å². The zero-order chi connectivity index (χ0) is 22.2. The van der Waals surface area contributed by atoms with Crippen molar-refractivity contribution in [1.29, 1.82) is 0 Å². The Labute approximate surface area is 183 Å². The van der Waals surface area contributed by atoms with Gasteiger partial charge in [0.15, 0.2) is 23.3 Å². The number of rotatable bonds is 9. The van der Waals surface area contributed by atoms with Gasteiger partial charge in [0.25, 0.3) is 5.91 Å². The minimum absolute atomic E-state index is 0.251. The normalized spacial score (nSPS) is 15.7. The number of ether oxygens (including phenoxy) is 3. The fourth-order valence-electron chi connectivity index (χ4n) is 2.67. The Balaban J connectivity index is 1.76. The Morgan fingerprint density at radius 1 is 1.06 bits per heavy atom. The van der Waals surface area contributed by atoms with Gasteiger partial charge in [-0.1, -0.05) is 6.07 Å². The number of nitrogens with zero attached hydrogens (tertiary/aromatic N) is 1. The van der Waals surface area contributed by atoms with E-state index in [1.807, 2.05) is 38.1 Å². The standard InChI is InChI=1S/C22H22N2O6S/c1-3-28-16-8-6-15(7-9-16)23-22-24-21(27)19(31-22)12-14-5-10-17(30-13-20(25)26)18(11-14)29-4-2/h5-12H,3-4,13H2,1-2H3,(H,25,26)(H,23,24,27)/b19-12+. The van der Waals surface area contributed by atoms with E-state index < -0.39 is 12.6 Å². The quantitative estimate of drug-likeness (QED) is 0.568. The van der Waals surface area contributed by atoms with Crippen molar-refractivity contribution in [2.75, 3.05) is 19.8 Å². The van der Waals surface area contributed by atoms with Crippen molar-refractivity contribution in [2.45, 2.75) is 13.8 Å². The third-order valence-electron chi connectivity index (χ3n) is 3.95. The number of thioether (sulfide) groups is 1. The number of amides is 1. The first-order valence-electron chi connectivity index (χ1n) is 9.62. The van der Waals surface area contributed by atoms with E-state index in [1.54, 1.807) is 24.3 Å². The zero-order valence-electron chi connectivity index (χ0n) is 17.1. The van der Waals surface area contributed by atoms with Crippen molar-refractivity contribution in [3.05, 3.63) is 52.9 Å². The molecule has 0 atom stereocenters. The molecule has 1 heterocycles. The maximum Gasteiger partial charge on any atom is 0.341 e. The molecule has 0 saturated carbocycles. The number of hydrogen-bond acceptors (Lipinski definition) is 7. The van der Waals surface area contributed by atoms with Crippen LogP contribution in [0.25, 0.3) is 6.08 Å². The molecule has 1 amide bonds. The van der Waals surface area contributed by atoms with Crippen LogP contribution in [0.5, 0.6) is 17.2 Å². The number of carbonyl (C=O) groups excluding carboxylic acids is 1. The molecule has 0 aromatic heterocycles. The number of amidine groups is 1. The van der Waals surface area contributed by atoms with Gasteiger partial charge in [-0.25, -0.2) is 9.79 Å². The van der Waals surface area contributed by atoms with E-state index in [0.717, 1.165) is 5.75 Å². The molecular formula is C22H22N2O6S. The van der Waals surface area contributed by atoms with Crippen LogP contribution in [0.3, 0.4) is 0 Å². The van der Waals surface area contributed by atoms with Gasteiger partial charge in [-0.05, 0) is 73.6 Å². The summed E-state index contributed by atoms with van der Waals surface area (Å²) in [4.78, 5) is 28.0. The van der Waals surface area contributed by atoms with E-state index in [-0.39, 0.29) is 5.91 Å². The molecule has 0 unspecified atom stereocenters. The van der Waals surface area contributed by atoms with E-state index in [4.69, 9.17) is 19.3 Å². The average molecular weight is 442 g/mol. The van der Waals surface area contributed by atoms with Gasteiger partial charge >= 0.3 is 5.97 Å². The minimum atomic E-state index is -1.08. The first kappa shape index (κ1) is 22.2. The lowest BCUT2D eigenvalue weighted by Crippen LogP contribution is -2.19. The maximum absolute atomic E-state index is 12.4. The summed E-state index contributed by atoms with van der Waals surface area (Å²) in [6.45, 7) is 4.24. The van der Waals surface area contributed by atoms with E-state index in [2.05, 4.69) is 10.3 Å². The Kier molecular flexibility index (Phi) is 7.55. The van der Waals surface area contributed by atoms with Crippen molar-refractivity contribution in [2.24, 2.45) is 4.99 Å². The van der Waals surface area contributed by atoms with Crippen LogP contribution in [0.2, 0.25) is 0 Å². The Morgan fingerprint density at radius 2 is 1.81 bits per heavy atom. The number of nitrogens with one attached hydrogen (secondary N) is 1. The van der Waals surface area contributed by atoms with Gasteiger partial charge in [-0.3, -0.25) is 4.79 Å². The third kappa shape index (κ3) is 6.26. The van der Waals surface area contributed by atoms with E-state index in [9.17, 15) is 9.59 Å². The molecular weight excluding hydrogens is 420 g/mol. The van der Waals surface area contributed by atoms with Gasteiger partial charge in [0, 0.05) is 0 Å². The Morgan fingerprint density at radius 3 is 2.48 bits per heavy atom. The lowest BCUT2D eigenvalue weighted by Gasteiger charge is -2.11. The second kappa shape index (κ2) is 10.5. The minimum Gasteiger partial charge on any atom is -0.494 e. The Hall–Kier alpha value is -3.46. The zero-order valence-corrected chi connectivity index (χ0v) is 17.9. The average Bonchev–Trinajstić information content (AvgIpc) is 3.08. The SMILES string of the molecule is CCOc1ccc(N=C2NC(=O)/C(=C\c3ccc(OCC(=O)O)c(OCC)c3)S2)cc1. The summed E-state index contributed by atoms with van der Waals surface area (Å²) in [6, 6.07) is 12.3. The van der Waals surface area contributed by atoms with E-state index in [0.29, 0.717) is 46.0 Å². The van der Waals surface area contributed by atoms with Crippen LogP contribution in [0.4, 0.5) is 5.69 Å². The van der Waals surface area contributed by atoms with Crippen LogP contribution in [0, 0.1) is 0 Å². The van der Waals surface area contributed by atoms with Crippen molar-refractivity contribution < 1.29 is 28.9 Å². The lowest BCUT2D eigenvalue weighted by molar-refractivity contribution is -0.139. The predicted octanol–water partition coefficient (Wildman–Crippen LogP) is 3.84. The summed E-state index contributed by atoms with van der Waals surface area (Å²) in [6.07, 6.45) is 1.71. The van der Waals surface area contributed by atoms with Crippen molar-refractivity contribution in [3.8, 4) is 17.2 Å². The third-order valence-corrected chi connectivity index (χ3v) is 4.86. The van der Waals surface area contributed by atoms with Crippen LogP contribution >= 0.6 is 11.8 Å². The summed E-state index contributed by atoms with van der Waals surface area (Å²) >= 11 is 1.23. The van der Waals surface area contributed by atoms with Crippen LogP contribution < -0.4 is 19.5 Å². The molecule has 0 spiro atoms. The molecule has 0 aliphatic carbocycles. The van der Waals surface area contributed by atoms with Gasteiger partial charge < -0.3 is 24.6 Å². The van der Waals surface area contributed by atoms with Crippen LogP contribution in [-0.4, -0.2) is 42.0 Å². The van der Waals surface area contributed by atoms with Gasteiger partial charge in [0.05, 0.1) is 23.8 Å². The molecule has 1 aliphatic heterocycles. The topological polar surface area (TPSA) is 106 Å². The number of carbonyl (C=O) groups is 2. The number of benzene rings is 2. The molecule has 31 heavy (non-hydrogen) atoms. The molecule has 1 aliphatic rings. The van der Waals surface area contributed by atoms with E-state index >= 15 is 0 Å². The highest BCUT2D eigenvalue weighted by molar-refractivity contribution is 8.18. The fraction of sp³-hybridized carbons (Fsp3) is 0.227. The number of aliphatic carboxylic acids is 1. The van der Waals surface area contributed by atoms with Gasteiger partial charge in [-0.15, -0.1) is 0 Å². The van der Waals surface area contributed by atoms with Crippen molar-refractivity contribution in [1.82, 2.24) is 5.32 Å². The molecule has 1 saturated heterocycles. The molecule has 8 nitrogen and oxygen atoms in total. The van der Waals surface area contributed by atoms with Gasteiger partial charge in [0.1, 0.15) is 5.75 Å². The van der Waals surface area contributed by atoms with Crippen molar-refractivity contribution in [3.63, 3.8) is 0 Å². The second-order valence-corrected chi connectivity index (χ2v) is 7.26. The first-order chi connectivity index (χ1) is 15.0. The molecule has 0 radical (unpaired) electrons. The smallest absolute Gasteiger partial charge is 0.341 e. The molecule has 2 aromatic rings. The number of hydrogen-bond donors (Lipinski definition) is 2. The highest BCUT2D eigenvalue weighted by Crippen LogP contribution is 2.32. The number of carboxylic acid groups (broad SMARTS) is 1. The molecule has 2 aromatic carbocycles. The molecule has 0 bridgehead atoms.